The van der Waals surface area contributed by atoms with Gasteiger partial charge in [0.2, 0.25) is 0 Å². The van der Waals surface area contributed by atoms with Crippen LogP contribution in [0, 0.1) is 5.92 Å². The normalized spacial score (nSPS) is 22.4. The molecule has 0 unspecified atom stereocenters. The van der Waals surface area contributed by atoms with E-state index in [4.69, 9.17) is 4.74 Å². The Morgan fingerprint density at radius 3 is 2.48 bits per heavy atom. The smallest absolute Gasteiger partial charge is 0.315 e. The highest BCUT2D eigenvalue weighted by Crippen LogP contribution is 2.18. The second kappa shape index (κ2) is 9.28. The number of hydrogen-bond acceptors (Lipinski definition) is 3. The number of ether oxygens (including phenoxy) is 1. The topological polar surface area (TPSA) is 53.6 Å². The molecule has 132 valence electrons. The fourth-order valence-corrected chi connectivity index (χ4v) is 3.34. The van der Waals surface area contributed by atoms with Crippen LogP contribution in [0.5, 0.6) is 0 Å². The standard InChI is InChI=1S/C18H33N3O2/c1-14(2)4-9-21-10-5-17(6-11-21)20-18(22)19-15(3)16-7-12-23-13-8-16/h4,15-17H,5-13H2,1-3H3,(H2,19,20,22)/t15-/m0/s1. The summed E-state index contributed by atoms with van der Waals surface area (Å²) in [6.45, 7) is 11.2. The van der Waals surface area contributed by atoms with Crippen LogP contribution in [0.25, 0.3) is 0 Å². The van der Waals surface area contributed by atoms with Gasteiger partial charge in [-0.05, 0) is 52.4 Å². The van der Waals surface area contributed by atoms with Crippen LogP contribution in [-0.2, 0) is 4.74 Å². The maximum atomic E-state index is 12.2. The predicted octanol–water partition coefficient (Wildman–Crippen LogP) is 2.53. The summed E-state index contributed by atoms with van der Waals surface area (Å²) < 4.78 is 5.38. The molecule has 0 saturated carbocycles. The fraction of sp³-hybridized carbons (Fsp3) is 0.833. The van der Waals surface area contributed by atoms with Crippen molar-refractivity contribution in [3.63, 3.8) is 0 Å². The van der Waals surface area contributed by atoms with Gasteiger partial charge in [-0.2, -0.15) is 0 Å². The molecular weight excluding hydrogens is 290 g/mol. The lowest BCUT2D eigenvalue weighted by molar-refractivity contribution is 0.0570. The monoisotopic (exact) mass is 323 g/mol. The number of piperidine rings is 1. The first-order valence-corrected chi connectivity index (χ1v) is 9.05. The second-order valence-corrected chi connectivity index (χ2v) is 7.21. The van der Waals surface area contributed by atoms with Crippen LogP contribution in [0.2, 0.25) is 0 Å². The van der Waals surface area contributed by atoms with Crippen LogP contribution in [0.1, 0.15) is 46.5 Å². The molecule has 0 aromatic rings. The minimum Gasteiger partial charge on any atom is -0.381 e. The Hall–Kier alpha value is -1.07. The highest BCUT2D eigenvalue weighted by atomic mass is 16.5. The van der Waals surface area contributed by atoms with E-state index in [9.17, 15) is 4.79 Å². The Balaban J connectivity index is 1.65. The molecule has 2 heterocycles. The lowest BCUT2D eigenvalue weighted by Gasteiger charge is -2.33. The van der Waals surface area contributed by atoms with Gasteiger partial charge in [-0.3, -0.25) is 4.90 Å². The quantitative estimate of drug-likeness (QED) is 0.765. The molecule has 5 heteroatoms. The van der Waals surface area contributed by atoms with Crippen molar-refractivity contribution in [2.75, 3.05) is 32.8 Å². The van der Waals surface area contributed by atoms with E-state index in [1.54, 1.807) is 0 Å². The molecule has 0 aromatic heterocycles. The van der Waals surface area contributed by atoms with Crippen molar-refractivity contribution in [3.8, 4) is 0 Å². The molecule has 2 amide bonds. The van der Waals surface area contributed by atoms with Crippen LogP contribution in [-0.4, -0.2) is 55.9 Å². The van der Waals surface area contributed by atoms with E-state index >= 15 is 0 Å². The molecule has 0 aliphatic carbocycles. The number of likely N-dealkylation sites (tertiary alicyclic amines) is 1. The van der Waals surface area contributed by atoms with Gasteiger partial charge < -0.3 is 15.4 Å². The van der Waals surface area contributed by atoms with Crippen molar-refractivity contribution in [2.24, 2.45) is 5.92 Å². The van der Waals surface area contributed by atoms with Gasteiger partial charge in [-0.25, -0.2) is 4.79 Å². The summed E-state index contributed by atoms with van der Waals surface area (Å²) in [6.07, 6.45) is 6.44. The summed E-state index contributed by atoms with van der Waals surface area (Å²) in [5.41, 5.74) is 1.37. The number of nitrogens with one attached hydrogen (secondary N) is 2. The van der Waals surface area contributed by atoms with Crippen LogP contribution >= 0.6 is 0 Å². The molecule has 2 rings (SSSR count). The van der Waals surface area contributed by atoms with Gasteiger partial charge in [0.25, 0.3) is 0 Å². The highest BCUT2D eigenvalue weighted by molar-refractivity contribution is 5.74. The largest absolute Gasteiger partial charge is 0.381 e. The van der Waals surface area contributed by atoms with Crippen molar-refractivity contribution in [2.45, 2.75) is 58.5 Å². The Kier molecular flexibility index (Phi) is 7.37. The average Bonchev–Trinajstić information content (AvgIpc) is 2.55. The number of rotatable bonds is 5. The molecule has 2 aliphatic heterocycles. The van der Waals surface area contributed by atoms with Crippen LogP contribution in [0.15, 0.2) is 11.6 Å². The molecule has 0 spiro atoms. The molecule has 0 aromatic carbocycles. The molecule has 2 N–H and O–H groups in total. The first-order valence-electron chi connectivity index (χ1n) is 9.05. The summed E-state index contributed by atoms with van der Waals surface area (Å²) in [6, 6.07) is 0.517. The van der Waals surface area contributed by atoms with Gasteiger partial charge in [0.05, 0.1) is 0 Å². The average molecular weight is 323 g/mol. The Morgan fingerprint density at radius 1 is 1.22 bits per heavy atom. The minimum atomic E-state index is -0.00765. The number of allylic oxidation sites excluding steroid dienone is 1. The second-order valence-electron chi connectivity index (χ2n) is 7.21. The molecule has 2 saturated heterocycles. The summed E-state index contributed by atoms with van der Waals surface area (Å²) in [7, 11) is 0. The summed E-state index contributed by atoms with van der Waals surface area (Å²) in [5, 5.41) is 6.27. The number of urea groups is 1. The van der Waals surface area contributed by atoms with E-state index in [1.807, 2.05) is 0 Å². The van der Waals surface area contributed by atoms with E-state index in [1.165, 1.54) is 5.57 Å². The number of nitrogens with zero attached hydrogens (tertiary/aromatic N) is 1. The number of hydrogen-bond donors (Lipinski definition) is 2. The summed E-state index contributed by atoms with van der Waals surface area (Å²) in [4.78, 5) is 14.6. The zero-order chi connectivity index (χ0) is 16.7. The zero-order valence-electron chi connectivity index (χ0n) is 14.9. The van der Waals surface area contributed by atoms with Crippen molar-refractivity contribution in [3.05, 3.63) is 11.6 Å². The predicted molar refractivity (Wildman–Crippen MR) is 93.6 cm³/mol. The molecule has 0 bridgehead atoms. The van der Waals surface area contributed by atoms with Crippen LogP contribution in [0.3, 0.4) is 0 Å². The first kappa shape index (κ1) is 18.3. The van der Waals surface area contributed by atoms with E-state index < -0.39 is 0 Å². The van der Waals surface area contributed by atoms with E-state index in [2.05, 4.69) is 42.4 Å². The van der Waals surface area contributed by atoms with Gasteiger partial charge in [-0.15, -0.1) is 0 Å². The van der Waals surface area contributed by atoms with E-state index in [-0.39, 0.29) is 12.1 Å². The van der Waals surface area contributed by atoms with Crippen LogP contribution in [0.4, 0.5) is 4.79 Å². The highest BCUT2D eigenvalue weighted by Gasteiger charge is 2.24. The third kappa shape index (κ3) is 6.51. The molecular formula is C18H33N3O2. The fourth-order valence-electron chi connectivity index (χ4n) is 3.34. The molecule has 0 radical (unpaired) electrons. The molecule has 2 aliphatic rings. The van der Waals surface area contributed by atoms with Crippen molar-refractivity contribution in [1.29, 1.82) is 0 Å². The Labute approximate surface area is 140 Å². The molecule has 23 heavy (non-hydrogen) atoms. The Bertz CT molecular complexity index is 393. The number of carbonyl (C=O) groups is 1. The zero-order valence-corrected chi connectivity index (χ0v) is 14.9. The summed E-state index contributed by atoms with van der Waals surface area (Å²) >= 11 is 0. The van der Waals surface area contributed by atoms with Crippen molar-refractivity contribution in [1.82, 2.24) is 15.5 Å². The minimum absolute atomic E-state index is 0.00765. The van der Waals surface area contributed by atoms with Crippen molar-refractivity contribution >= 4 is 6.03 Å². The SMILES string of the molecule is CC(C)=CCN1CCC(NC(=O)N[C@@H](C)C2CCOCC2)CC1. The van der Waals surface area contributed by atoms with Gasteiger partial charge in [0.1, 0.15) is 0 Å². The van der Waals surface area contributed by atoms with Gasteiger partial charge >= 0.3 is 6.03 Å². The molecule has 5 nitrogen and oxygen atoms in total. The van der Waals surface area contributed by atoms with Crippen molar-refractivity contribution < 1.29 is 9.53 Å². The maximum absolute atomic E-state index is 12.2. The molecule has 1 atom stereocenters. The third-order valence-corrected chi connectivity index (χ3v) is 5.01. The van der Waals surface area contributed by atoms with E-state index in [0.717, 1.165) is 58.5 Å². The lowest BCUT2D eigenvalue weighted by atomic mass is 9.93. The third-order valence-electron chi connectivity index (χ3n) is 5.01. The van der Waals surface area contributed by atoms with Crippen LogP contribution < -0.4 is 10.6 Å². The van der Waals surface area contributed by atoms with Gasteiger partial charge in [0.15, 0.2) is 0 Å². The van der Waals surface area contributed by atoms with Gasteiger partial charge in [-0.1, -0.05) is 11.6 Å². The molecule has 2 fully saturated rings. The Morgan fingerprint density at radius 2 is 1.87 bits per heavy atom. The number of carbonyl (C=O) groups excluding carboxylic acids is 1. The van der Waals surface area contributed by atoms with E-state index in [0.29, 0.717) is 12.0 Å². The lowest BCUT2D eigenvalue weighted by Crippen LogP contribution is -2.51. The van der Waals surface area contributed by atoms with Gasteiger partial charge in [0, 0.05) is 44.9 Å². The maximum Gasteiger partial charge on any atom is 0.315 e. The summed E-state index contributed by atoms with van der Waals surface area (Å²) in [5.74, 6) is 0.542. The first-order chi connectivity index (χ1) is 11.0. The number of amides is 2.